The Hall–Kier alpha value is -3.26. The normalized spacial score (nSPS) is 22.3. The van der Waals surface area contributed by atoms with Gasteiger partial charge in [0.15, 0.2) is 0 Å². The van der Waals surface area contributed by atoms with E-state index in [0.717, 1.165) is 22.8 Å². The molecule has 0 amide bonds. The standard InChI is InChI=1S/C36H42N2/c1-21(2)26-15-11-16-27(22(3)4)33(26)37-35-30-19-9-13-25-14-10-20-31(32(25)30)36(35)38-34-28(23(5)6)17-12-18-29(34)24(7)8/h9-24,30,32H,1-8H3. The third kappa shape index (κ3) is 4.59. The van der Waals surface area contributed by atoms with Crippen LogP contribution in [0.4, 0.5) is 11.4 Å². The molecule has 0 N–H and O–H groups in total. The van der Waals surface area contributed by atoms with Gasteiger partial charge in [-0.1, -0.05) is 128 Å². The molecule has 0 spiro atoms. The Morgan fingerprint density at radius 2 is 1.11 bits per heavy atom. The van der Waals surface area contributed by atoms with Crippen molar-refractivity contribution in [3.8, 4) is 0 Å². The molecule has 0 radical (unpaired) electrons. The predicted molar refractivity (Wildman–Crippen MR) is 165 cm³/mol. The van der Waals surface area contributed by atoms with E-state index < -0.39 is 0 Å². The van der Waals surface area contributed by atoms with Gasteiger partial charge in [0.1, 0.15) is 0 Å². The first-order valence-electron chi connectivity index (χ1n) is 14.4. The highest BCUT2D eigenvalue weighted by molar-refractivity contribution is 6.53. The molecule has 38 heavy (non-hydrogen) atoms. The molecule has 2 unspecified atom stereocenters. The van der Waals surface area contributed by atoms with Crippen LogP contribution in [0.5, 0.6) is 0 Å². The Kier molecular flexibility index (Phi) is 7.27. The minimum absolute atomic E-state index is 0.193. The molecule has 2 aromatic carbocycles. The number of nitrogens with zero attached hydrogens (tertiary/aromatic N) is 2. The second-order valence-electron chi connectivity index (χ2n) is 12.2. The maximum Gasteiger partial charge on any atom is 0.0897 e. The Bertz CT molecular complexity index is 1370. The van der Waals surface area contributed by atoms with Crippen LogP contribution in [0, 0.1) is 11.8 Å². The van der Waals surface area contributed by atoms with Crippen LogP contribution in [0.25, 0.3) is 0 Å². The molecule has 0 saturated heterocycles. The molecule has 2 atom stereocenters. The number of aliphatic imine (C=N–C) groups is 2. The number of allylic oxidation sites excluding steroid dienone is 8. The van der Waals surface area contributed by atoms with Crippen molar-refractivity contribution in [2.75, 3.05) is 0 Å². The number of para-hydroxylation sites is 2. The SMILES string of the molecule is CC(C)c1cccc(C(C)C)c1N=C1C2=CC=CC3=CC=CC(C1=Nc1c(C(C)C)cccc1C(C)C)C32. The molecule has 1 fully saturated rings. The summed E-state index contributed by atoms with van der Waals surface area (Å²) in [4.78, 5) is 11.2. The van der Waals surface area contributed by atoms with Gasteiger partial charge in [-0.25, -0.2) is 9.98 Å². The predicted octanol–water partition coefficient (Wildman–Crippen LogP) is 10.3. The van der Waals surface area contributed by atoms with E-state index in [1.807, 2.05) is 0 Å². The molecule has 2 heteroatoms. The fraction of sp³-hybridized carbons (Fsp3) is 0.389. The number of benzene rings is 2. The van der Waals surface area contributed by atoms with Crippen LogP contribution in [0.15, 0.2) is 94.0 Å². The van der Waals surface area contributed by atoms with Gasteiger partial charge in [-0.05, 0) is 57.1 Å². The van der Waals surface area contributed by atoms with Crippen molar-refractivity contribution >= 4 is 22.8 Å². The van der Waals surface area contributed by atoms with Crippen molar-refractivity contribution in [2.24, 2.45) is 21.8 Å². The molecule has 0 heterocycles. The lowest BCUT2D eigenvalue weighted by atomic mass is 9.80. The zero-order chi connectivity index (χ0) is 27.1. The Balaban J connectivity index is 1.82. The van der Waals surface area contributed by atoms with Crippen LogP contribution >= 0.6 is 0 Å². The Morgan fingerprint density at radius 3 is 1.61 bits per heavy atom. The van der Waals surface area contributed by atoms with Crippen LogP contribution in [0.3, 0.4) is 0 Å². The fourth-order valence-electron chi connectivity index (χ4n) is 6.15. The fourth-order valence-corrected chi connectivity index (χ4v) is 6.15. The highest BCUT2D eigenvalue weighted by Crippen LogP contribution is 2.47. The van der Waals surface area contributed by atoms with Crippen LogP contribution in [0.2, 0.25) is 0 Å². The van der Waals surface area contributed by atoms with E-state index in [-0.39, 0.29) is 11.8 Å². The molecule has 2 nitrogen and oxygen atoms in total. The lowest BCUT2D eigenvalue weighted by molar-refractivity contribution is 0.680. The third-order valence-corrected chi connectivity index (χ3v) is 8.20. The summed E-state index contributed by atoms with van der Waals surface area (Å²) in [6, 6.07) is 13.4. The molecule has 2 aromatic rings. The van der Waals surface area contributed by atoms with Gasteiger partial charge >= 0.3 is 0 Å². The second kappa shape index (κ2) is 10.5. The summed E-state index contributed by atoms with van der Waals surface area (Å²) in [5.41, 5.74) is 12.3. The molecule has 196 valence electrons. The van der Waals surface area contributed by atoms with E-state index in [4.69, 9.17) is 9.98 Å². The molecule has 0 aliphatic heterocycles. The Morgan fingerprint density at radius 1 is 0.605 bits per heavy atom. The largest absolute Gasteiger partial charge is 0.250 e. The molecular weight excluding hydrogens is 460 g/mol. The first kappa shape index (κ1) is 26.4. The van der Waals surface area contributed by atoms with Gasteiger partial charge in [-0.3, -0.25) is 0 Å². The lowest BCUT2D eigenvalue weighted by Crippen LogP contribution is -2.18. The first-order chi connectivity index (χ1) is 18.2. The van der Waals surface area contributed by atoms with Crippen molar-refractivity contribution < 1.29 is 0 Å². The van der Waals surface area contributed by atoms with Gasteiger partial charge in [0.05, 0.1) is 22.8 Å². The van der Waals surface area contributed by atoms with Gasteiger partial charge < -0.3 is 0 Å². The van der Waals surface area contributed by atoms with Crippen molar-refractivity contribution in [3.63, 3.8) is 0 Å². The van der Waals surface area contributed by atoms with E-state index in [2.05, 4.69) is 128 Å². The van der Waals surface area contributed by atoms with Crippen LogP contribution in [0.1, 0.15) is 101 Å². The number of hydrogen-bond donors (Lipinski definition) is 0. The Labute approximate surface area is 229 Å². The van der Waals surface area contributed by atoms with Gasteiger partial charge in [0.2, 0.25) is 0 Å². The summed E-state index contributed by atoms with van der Waals surface area (Å²) in [6.45, 7) is 18.2. The third-order valence-electron chi connectivity index (χ3n) is 8.20. The summed E-state index contributed by atoms with van der Waals surface area (Å²) in [5, 5.41) is 0. The maximum absolute atomic E-state index is 5.61. The van der Waals surface area contributed by atoms with Crippen molar-refractivity contribution in [2.45, 2.75) is 79.1 Å². The van der Waals surface area contributed by atoms with Gasteiger partial charge in [-0.15, -0.1) is 0 Å². The van der Waals surface area contributed by atoms with Gasteiger partial charge in [-0.2, -0.15) is 0 Å². The lowest BCUT2D eigenvalue weighted by Gasteiger charge is -2.23. The van der Waals surface area contributed by atoms with Crippen molar-refractivity contribution in [3.05, 3.63) is 106 Å². The first-order valence-corrected chi connectivity index (χ1v) is 14.4. The topological polar surface area (TPSA) is 24.7 Å². The summed E-state index contributed by atoms with van der Waals surface area (Å²) in [7, 11) is 0. The minimum Gasteiger partial charge on any atom is -0.250 e. The van der Waals surface area contributed by atoms with E-state index in [0.29, 0.717) is 23.7 Å². The summed E-state index contributed by atoms with van der Waals surface area (Å²) in [5.74, 6) is 2.04. The monoisotopic (exact) mass is 502 g/mol. The van der Waals surface area contributed by atoms with Gasteiger partial charge in [0.25, 0.3) is 0 Å². The van der Waals surface area contributed by atoms with Crippen molar-refractivity contribution in [1.82, 2.24) is 0 Å². The van der Waals surface area contributed by atoms with E-state index in [9.17, 15) is 0 Å². The molecule has 1 saturated carbocycles. The maximum atomic E-state index is 5.61. The minimum atomic E-state index is 0.193. The average Bonchev–Trinajstić information content (AvgIpc) is 3.17. The zero-order valence-corrected chi connectivity index (χ0v) is 24.3. The van der Waals surface area contributed by atoms with Crippen molar-refractivity contribution in [1.29, 1.82) is 0 Å². The summed E-state index contributed by atoms with van der Waals surface area (Å²) < 4.78 is 0. The van der Waals surface area contributed by atoms with E-state index >= 15 is 0 Å². The zero-order valence-electron chi connectivity index (χ0n) is 24.3. The highest BCUT2D eigenvalue weighted by atomic mass is 14.9. The average molecular weight is 503 g/mol. The second-order valence-corrected chi connectivity index (χ2v) is 12.2. The molecular formula is C36H42N2. The van der Waals surface area contributed by atoms with E-state index in [1.165, 1.54) is 33.4 Å². The van der Waals surface area contributed by atoms with Crippen LogP contribution in [-0.2, 0) is 0 Å². The van der Waals surface area contributed by atoms with Crippen LogP contribution < -0.4 is 0 Å². The van der Waals surface area contributed by atoms with Crippen LogP contribution in [-0.4, -0.2) is 11.4 Å². The molecule has 0 bridgehead atoms. The summed E-state index contributed by atoms with van der Waals surface area (Å²) >= 11 is 0. The smallest absolute Gasteiger partial charge is 0.0897 e. The summed E-state index contributed by atoms with van der Waals surface area (Å²) in [6.07, 6.45) is 13.5. The highest BCUT2D eigenvalue weighted by Gasteiger charge is 2.44. The van der Waals surface area contributed by atoms with Gasteiger partial charge in [0, 0.05) is 11.8 Å². The molecule has 3 aliphatic rings. The number of rotatable bonds is 6. The molecule has 0 aromatic heterocycles. The quantitative estimate of drug-likeness (QED) is 0.375. The molecule has 3 aliphatic carbocycles. The van der Waals surface area contributed by atoms with E-state index in [1.54, 1.807) is 0 Å². The molecule has 5 rings (SSSR count). The number of hydrogen-bond acceptors (Lipinski definition) is 2.